The van der Waals surface area contributed by atoms with Crippen molar-refractivity contribution in [3.05, 3.63) is 0 Å². The molecule has 0 aromatic carbocycles. The highest BCUT2D eigenvalue weighted by atomic mass is 33.1. The zero-order valence-electron chi connectivity index (χ0n) is 5.92. The minimum absolute atomic E-state index is 0.182. The van der Waals surface area contributed by atoms with Crippen LogP contribution in [0.3, 0.4) is 0 Å². The van der Waals surface area contributed by atoms with Crippen LogP contribution in [0.1, 0.15) is 12.8 Å². The molecular formula is C6H11NOS2. The van der Waals surface area contributed by atoms with Crippen molar-refractivity contribution in [1.82, 2.24) is 5.32 Å². The van der Waals surface area contributed by atoms with Gasteiger partial charge in [-0.2, -0.15) is 0 Å². The molecule has 0 bridgehead atoms. The van der Waals surface area contributed by atoms with E-state index < -0.39 is 0 Å². The zero-order valence-corrected chi connectivity index (χ0v) is 7.56. The first-order chi connectivity index (χ1) is 4.83. The zero-order chi connectivity index (χ0) is 7.40. The van der Waals surface area contributed by atoms with Crippen LogP contribution in [0, 0.1) is 0 Å². The van der Waals surface area contributed by atoms with E-state index in [0.717, 1.165) is 0 Å². The fourth-order valence-electron chi connectivity index (χ4n) is 0.609. The van der Waals surface area contributed by atoms with Crippen LogP contribution in [-0.4, -0.2) is 24.0 Å². The molecule has 0 unspecified atom stereocenters. The first-order valence-corrected chi connectivity index (χ1v) is 6.00. The Labute approximate surface area is 68.9 Å². The molecule has 1 aliphatic carbocycles. The van der Waals surface area contributed by atoms with Gasteiger partial charge in [0, 0.05) is 6.04 Å². The molecule has 1 saturated carbocycles. The molecule has 2 nitrogen and oxygen atoms in total. The van der Waals surface area contributed by atoms with Gasteiger partial charge >= 0.3 is 0 Å². The van der Waals surface area contributed by atoms with Gasteiger partial charge in [-0.05, 0) is 19.1 Å². The minimum Gasteiger partial charge on any atom is -0.353 e. The van der Waals surface area contributed by atoms with Gasteiger partial charge in [0.15, 0.2) is 0 Å². The lowest BCUT2D eigenvalue weighted by atomic mass is 10.6. The molecule has 0 atom stereocenters. The monoisotopic (exact) mass is 177 g/mol. The molecule has 1 aliphatic rings. The van der Waals surface area contributed by atoms with E-state index in [9.17, 15) is 4.79 Å². The summed E-state index contributed by atoms with van der Waals surface area (Å²) in [5, 5.41) is 2.92. The average molecular weight is 177 g/mol. The van der Waals surface area contributed by atoms with E-state index in [4.69, 9.17) is 0 Å². The Morgan fingerprint density at radius 1 is 1.70 bits per heavy atom. The van der Waals surface area contributed by atoms with Gasteiger partial charge in [-0.15, -0.1) is 0 Å². The second kappa shape index (κ2) is 4.13. The van der Waals surface area contributed by atoms with Gasteiger partial charge in [0.1, 0.15) is 0 Å². The standard InChI is InChI=1S/C6H11NOS2/c1-9-10-4-6(8)7-5-2-3-5/h5H,2-4H2,1H3,(H,7,8). The fourth-order valence-corrected chi connectivity index (χ4v) is 1.59. The molecule has 10 heavy (non-hydrogen) atoms. The topological polar surface area (TPSA) is 29.1 Å². The van der Waals surface area contributed by atoms with Crippen molar-refractivity contribution in [3.63, 3.8) is 0 Å². The van der Waals surface area contributed by atoms with Crippen LogP contribution < -0.4 is 5.32 Å². The molecule has 1 rings (SSSR count). The third kappa shape index (κ3) is 3.37. The summed E-state index contributed by atoms with van der Waals surface area (Å²) in [6.45, 7) is 0. The van der Waals surface area contributed by atoms with Crippen LogP contribution in [0.2, 0.25) is 0 Å². The normalized spacial score (nSPS) is 16.9. The summed E-state index contributed by atoms with van der Waals surface area (Å²) >= 11 is 0. The number of nitrogens with one attached hydrogen (secondary N) is 1. The van der Waals surface area contributed by atoms with E-state index in [1.54, 1.807) is 21.6 Å². The quantitative estimate of drug-likeness (QED) is 0.656. The van der Waals surface area contributed by atoms with E-state index in [-0.39, 0.29) is 5.91 Å². The number of carbonyl (C=O) groups excluding carboxylic acids is 1. The number of carbonyl (C=O) groups is 1. The Hall–Kier alpha value is 0.170. The molecule has 1 fully saturated rings. The number of hydrogen-bond donors (Lipinski definition) is 1. The Balaban J connectivity index is 1.97. The lowest BCUT2D eigenvalue weighted by molar-refractivity contribution is -0.118. The summed E-state index contributed by atoms with van der Waals surface area (Å²) in [5.74, 6) is 0.777. The smallest absolute Gasteiger partial charge is 0.231 e. The molecule has 0 saturated heterocycles. The molecule has 58 valence electrons. The van der Waals surface area contributed by atoms with Gasteiger partial charge in [0.25, 0.3) is 0 Å². The predicted octanol–water partition coefficient (Wildman–Crippen LogP) is 1.28. The highest BCUT2D eigenvalue weighted by Crippen LogP contribution is 2.20. The van der Waals surface area contributed by atoms with Crippen molar-refractivity contribution in [3.8, 4) is 0 Å². The highest BCUT2D eigenvalue weighted by molar-refractivity contribution is 8.76. The third-order valence-corrected chi connectivity index (χ3v) is 2.93. The summed E-state index contributed by atoms with van der Waals surface area (Å²) in [6.07, 6.45) is 4.33. The van der Waals surface area contributed by atoms with E-state index in [0.29, 0.717) is 11.8 Å². The second-order valence-corrected chi connectivity index (χ2v) is 4.84. The second-order valence-electron chi connectivity index (χ2n) is 2.27. The van der Waals surface area contributed by atoms with Gasteiger partial charge in [-0.1, -0.05) is 21.6 Å². The Morgan fingerprint density at radius 3 is 2.90 bits per heavy atom. The van der Waals surface area contributed by atoms with E-state index in [1.807, 2.05) is 6.26 Å². The van der Waals surface area contributed by atoms with Gasteiger partial charge in [-0.3, -0.25) is 4.79 Å². The highest BCUT2D eigenvalue weighted by Gasteiger charge is 2.22. The lowest BCUT2D eigenvalue weighted by Gasteiger charge is -1.99. The van der Waals surface area contributed by atoms with Gasteiger partial charge in [-0.25, -0.2) is 0 Å². The minimum atomic E-state index is 0.182. The summed E-state index contributed by atoms with van der Waals surface area (Å²) in [5.41, 5.74) is 0. The molecule has 1 amide bonds. The van der Waals surface area contributed by atoms with Crippen molar-refractivity contribution in [2.24, 2.45) is 0 Å². The van der Waals surface area contributed by atoms with Crippen molar-refractivity contribution < 1.29 is 4.79 Å². The maximum Gasteiger partial charge on any atom is 0.231 e. The Kier molecular flexibility index (Phi) is 3.42. The molecule has 0 aromatic rings. The van der Waals surface area contributed by atoms with Crippen LogP contribution in [0.4, 0.5) is 0 Å². The van der Waals surface area contributed by atoms with E-state index in [1.165, 1.54) is 12.8 Å². The first-order valence-electron chi connectivity index (χ1n) is 3.28. The van der Waals surface area contributed by atoms with Crippen molar-refractivity contribution in [2.75, 3.05) is 12.0 Å². The molecule has 1 N–H and O–H groups in total. The molecular weight excluding hydrogens is 166 g/mol. The summed E-state index contributed by atoms with van der Waals surface area (Å²) < 4.78 is 0. The van der Waals surface area contributed by atoms with Gasteiger partial charge in [0.2, 0.25) is 5.91 Å². The molecule has 4 heteroatoms. The van der Waals surface area contributed by atoms with Crippen molar-refractivity contribution in [2.45, 2.75) is 18.9 Å². The number of amides is 1. The molecule has 0 aromatic heterocycles. The number of hydrogen-bond acceptors (Lipinski definition) is 3. The molecule has 0 spiro atoms. The average Bonchev–Trinajstić information content (AvgIpc) is 2.67. The van der Waals surface area contributed by atoms with E-state index >= 15 is 0 Å². The van der Waals surface area contributed by atoms with Crippen LogP contribution in [0.15, 0.2) is 0 Å². The molecule has 0 aliphatic heterocycles. The Bertz CT molecular complexity index is 125. The van der Waals surface area contributed by atoms with Crippen LogP contribution in [0.5, 0.6) is 0 Å². The first kappa shape index (κ1) is 8.27. The summed E-state index contributed by atoms with van der Waals surface area (Å²) in [7, 11) is 3.22. The number of rotatable bonds is 4. The summed E-state index contributed by atoms with van der Waals surface area (Å²) in [4.78, 5) is 10.9. The SMILES string of the molecule is CSSCC(=O)NC1CC1. The van der Waals surface area contributed by atoms with Crippen molar-refractivity contribution in [1.29, 1.82) is 0 Å². The van der Waals surface area contributed by atoms with Crippen molar-refractivity contribution >= 4 is 27.5 Å². The fraction of sp³-hybridized carbons (Fsp3) is 0.833. The Morgan fingerprint density at radius 2 is 2.40 bits per heavy atom. The van der Waals surface area contributed by atoms with Crippen LogP contribution in [-0.2, 0) is 4.79 Å². The van der Waals surface area contributed by atoms with E-state index in [2.05, 4.69) is 5.32 Å². The summed E-state index contributed by atoms with van der Waals surface area (Å²) in [6, 6.07) is 0.509. The third-order valence-electron chi connectivity index (χ3n) is 1.25. The van der Waals surface area contributed by atoms with Gasteiger partial charge in [0.05, 0.1) is 5.75 Å². The maximum atomic E-state index is 10.9. The largest absolute Gasteiger partial charge is 0.353 e. The molecule has 0 heterocycles. The lowest BCUT2D eigenvalue weighted by Crippen LogP contribution is -2.26. The van der Waals surface area contributed by atoms with Crippen LogP contribution in [0.25, 0.3) is 0 Å². The molecule has 0 radical (unpaired) electrons. The van der Waals surface area contributed by atoms with Gasteiger partial charge < -0.3 is 5.32 Å². The maximum absolute atomic E-state index is 10.9. The predicted molar refractivity (Wildman–Crippen MR) is 47.1 cm³/mol. The van der Waals surface area contributed by atoms with Crippen LogP contribution >= 0.6 is 21.6 Å².